The molecule has 0 spiro atoms. The van der Waals surface area contributed by atoms with Crippen molar-refractivity contribution in [2.75, 3.05) is 0 Å². The van der Waals surface area contributed by atoms with Crippen LogP contribution in [-0.2, 0) is 11.3 Å². The summed E-state index contributed by atoms with van der Waals surface area (Å²) in [6, 6.07) is 1.94. The molecule has 1 fully saturated rings. The highest BCUT2D eigenvalue weighted by Gasteiger charge is 2.27. The molecule has 1 saturated carbocycles. The molecule has 1 amide bonds. The molecule has 0 aliphatic heterocycles. The molecule has 3 rings (SSSR count). The summed E-state index contributed by atoms with van der Waals surface area (Å²) < 4.78 is 0. The average molecular weight is 340 g/mol. The Morgan fingerprint density at radius 3 is 2.82 bits per heavy atom. The third-order valence-corrected chi connectivity index (χ3v) is 4.48. The Morgan fingerprint density at radius 2 is 2.14 bits per heavy atom. The number of nitrogens with zero attached hydrogens (tertiary/aromatic N) is 3. The fourth-order valence-corrected chi connectivity index (χ4v) is 3.24. The maximum Gasteiger partial charge on any atom is 0.223 e. The van der Waals surface area contributed by atoms with Crippen LogP contribution < -0.4 is 11.1 Å². The number of halogens is 1. The molecule has 2 atom stereocenters. The Balaban J connectivity index is 0.00000176. The van der Waals surface area contributed by atoms with Crippen molar-refractivity contribution in [2.45, 2.75) is 31.8 Å². The molecule has 0 aromatic carbocycles. The van der Waals surface area contributed by atoms with Crippen molar-refractivity contribution < 1.29 is 4.79 Å². The molecule has 2 aromatic heterocycles. The average Bonchev–Trinajstić information content (AvgIpc) is 3.15. The number of hydrogen-bond donors (Lipinski definition) is 2. The maximum atomic E-state index is 12.0. The lowest BCUT2D eigenvalue weighted by Gasteiger charge is -2.09. The summed E-state index contributed by atoms with van der Waals surface area (Å²) in [6.45, 7) is 0.438. The first-order valence-corrected chi connectivity index (χ1v) is 7.85. The summed E-state index contributed by atoms with van der Waals surface area (Å²) in [6.07, 6.45) is 5.98. The molecule has 22 heavy (non-hydrogen) atoms. The molecule has 0 saturated heterocycles. The SMILES string of the molecule is Cl.N[C@@H]1CC[C@H](C(=O)NCc2csc(-c3ncccn3)n2)C1. The van der Waals surface area contributed by atoms with E-state index in [0.29, 0.717) is 12.4 Å². The molecule has 1 aliphatic rings. The van der Waals surface area contributed by atoms with Crippen molar-refractivity contribution in [3.8, 4) is 10.8 Å². The van der Waals surface area contributed by atoms with Crippen LogP contribution in [0.5, 0.6) is 0 Å². The number of aromatic nitrogens is 3. The van der Waals surface area contributed by atoms with Crippen molar-refractivity contribution in [1.82, 2.24) is 20.3 Å². The molecule has 1 aliphatic carbocycles. The fraction of sp³-hybridized carbons (Fsp3) is 0.429. The van der Waals surface area contributed by atoms with Crippen molar-refractivity contribution in [3.05, 3.63) is 29.5 Å². The predicted molar refractivity (Wildman–Crippen MR) is 87.6 cm³/mol. The Labute approximate surface area is 139 Å². The summed E-state index contributed by atoms with van der Waals surface area (Å²) in [7, 11) is 0. The van der Waals surface area contributed by atoms with Crippen LogP contribution in [0, 0.1) is 5.92 Å². The number of thiazole rings is 1. The molecule has 3 N–H and O–H groups in total. The number of amides is 1. The minimum atomic E-state index is 0. The highest BCUT2D eigenvalue weighted by Crippen LogP contribution is 2.24. The largest absolute Gasteiger partial charge is 0.350 e. The molecular formula is C14H18ClN5OS. The van der Waals surface area contributed by atoms with Crippen LogP contribution in [-0.4, -0.2) is 26.9 Å². The van der Waals surface area contributed by atoms with Crippen LogP contribution in [0.2, 0.25) is 0 Å². The van der Waals surface area contributed by atoms with Gasteiger partial charge in [0.1, 0.15) is 0 Å². The van der Waals surface area contributed by atoms with E-state index in [1.165, 1.54) is 11.3 Å². The number of carbonyl (C=O) groups excluding carboxylic acids is 1. The van der Waals surface area contributed by atoms with E-state index in [-0.39, 0.29) is 30.3 Å². The highest BCUT2D eigenvalue weighted by molar-refractivity contribution is 7.13. The molecule has 0 unspecified atom stereocenters. The minimum Gasteiger partial charge on any atom is -0.350 e. The van der Waals surface area contributed by atoms with Gasteiger partial charge in [-0.05, 0) is 25.3 Å². The lowest BCUT2D eigenvalue weighted by Crippen LogP contribution is -2.30. The summed E-state index contributed by atoms with van der Waals surface area (Å²) >= 11 is 1.48. The van der Waals surface area contributed by atoms with E-state index < -0.39 is 0 Å². The van der Waals surface area contributed by atoms with Crippen molar-refractivity contribution in [3.63, 3.8) is 0 Å². The van der Waals surface area contributed by atoms with Gasteiger partial charge >= 0.3 is 0 Å². The second-order valence-electron chi connectivity index (χ2n) is 5.20. The highest BCUT2D eigenvalue weighted by atomic mass is 35.5. The first-order valence-electron chi connectivity index (χ1n) is 6.97. The lowest BCUT2D eigenvalue weighted by atomic mass is 10.1. The van der Waals surface area contributed by atoms with Gasteiger partial charge in [-0.1, -0.05) is 0 Å². The van der Waals surface area contributed by atoms with Gasteiger partial charge in [0.2, 0.25) is 5.91 Å². The van der Waals surface area contributed by atoms with E-state index in [9.17, 15) is 4.79 Å². The molecule has 8 heteroatoms. The van der Waals surface area contributed by atoms with E-state index in [2.05, 4.69) is 20.3 Å². The van der Waals surface area contributed by atoms with E-state index in [1.807, 2.05) is 5.38 Å². The van der Waals surface area contributed by atoms with Crippen molar-refractivity contribution in [1.29, 1.82) is 0 Å². The maximum absolute atomic E-state index is 12.0. The molecular weight excluding hydrogens is 322 g/mol. The van der Waals surface area contributed by atoms with Crippen molar-refractivity contribution in [2.24, 2.45) is 11.7 Å². The lowest BCUT2D eigenvalue weighted by molar-refractivity contribution is -0.125. The first-order chi connectivity index (χ1) is 10.2. The predicted octanol–water partition coefficient (Wildman–Crippen LogP) is 1.77. The standard InChI is InChI=1S/C14H17N5OS.ClH/c15-10-3-2-9(6-10)13(20)18-7-11-8-21-14(19-11)12-16-4-1-5-17-12;/h1,4-5,8-10H,2-3,6-7,15H2,(H,18,20);1H/t9-,10+;/m0./s1. The van der Waals surface area contributed by atoms with E-state index in [1.54, 1.807) is 18.5 Å². The molecule has 6 nitrogen and oxygen atoms in total. The summed E-state index contributed by atoms with van der Waals surface area (Å²) in [5, 5.41) is 5.62. The van der Waals surface area contributed by atoms with E-state index >= 15 is 0 Å². The first kappa shape index (κ1) is 16.8. The third-order valence-electron chi connectivity index (χ3n) is 3.60. The van der Waals surface area contributed by atoms with Crippen LogP contribution >= 0.6 is 23.7 Å². The van der Waals surface area contributed by atoms with Gasteiger partial charge in [0.15, 0.2) is 10.8 Å². The smallest absolute Gasteiger partial charge is 0.223 e. The molecule has 0 bridgehead atoms. The Kier molecular flexibility index (Phi) is 5.82. The topological polar surface area (TPSA) is 93.8 Å². The number of carbonyl (C=O) groups is 1. The van der Waals surface area contributed by atoms with Gasteiger partial charge in [-0.3, -0.25) is 4.79 Å². The van der Waals surface area contributed by atoms with Crippen LogP contribution in [0.3, 0.4) is 0 Å². The molecule has 0 radical (unpaired) electrons. The number of nitrogens with two attached hydrogens (primary N) is 1. The van der Waals surface area contributed by atoms with Crippen molar-refractivity contribution >= 4 is 29.7 Å². The zero-order chi connectivity index (χ0) is 14.7. The molecule has 2 heterocycles. The Bertz CT molecular complexity index is 621. The number of nitrogens with one attached hydrogen (secondary N) is 1. The monoisotopic (exact) mass is 339 g/mol. The van der Waals surface area contributed by atoms with Gasteiger partial charge < -0.3 is 11.1 Å². The zero-order valence-electron chi connectivity index (χ0n) is 11.9. The number of rotatable bonds is 4. The van der Waals surface area contributed by atoms with Gasteiger partial charge in [0, 0.05) is 29.7 Å². The second-order valence-corrected chi connectivity index (χ2v) is 6.06. The van der Waals surface area contributed by atoms with E-state index in [4.69, 9.17) is 5.73 Å². The fourth-order valence-electron chi connectivity index (χ4n) is 2.48. The van der Waals surface area contributed by atoms with Crippen LogP contribution in [0.15, 0.2) is 23.8 Å². The zero-order valence-corrected chi connectivity index (χ0v) is 13.6. The third kappa shape index (κ3) is 4.00. The Morgan fingerprint density at radius 1 is 1.36 bits per heavy atom. The quantitative estimate of drug-likeness (QED) is 0.885. The minimum absolute atomic E-state index is 0. The van der Waals surface area contributed by atoms with Crippen LogP contribution in [0.25, 0.3) is 10.8 Å². The second kappa shape index (κ2) is 7.62. The van der Waals surface area contributed by atoms with Gasteiger partial charge in [-0.15, -0.1) is 23.7 Å². The number of hydrogen-bond acceptors (Lipinski definition) is 6. The van der Waals surface area contributed by atoms with E-state index in [0.717, 1.165) is 30.0 Å². The van der Waals surface area contributed by atoms with Gasteiger partial charge in [-0.25, -0.2) is 15.0 Å². The van der Waals surface area contributed by atoms with Gasteiger partial charge in [-0.2, -0.15) is 0 Å². The van der Waals surface area contributed by atoms with Crippen LogP contribution in [0.1, 0.15) is 25.0 Å². The molecule has 2 aromatic rings. The van der Waals surface area contributed by atoms with Gasteiger partial charge in [0.05, 0.1) is 12.2 Å². The summed E-state index contributed by atoms with van der Waals surface area (Å²) in [5.41, 5.74) is 6.66. The molecule has 118 valence electrons. The summed E-state index contributed by atoms with van der Waals surface area (Å²) in [5.74, 6) is 0.742. The van der Waals surface area contributed by atoms with Gasteiger partial charge in [0.25, 0.3) is 0 Å². The summed E-state index contributed by atoms with van der Waals surface area (Å²) in [4.78, 5) is 24.8. The van der Waals surface area contributed by atoms with Crippen LogP contribution in [0.4, 0.5) is 0 Å². The normalized spacial score (nSPS) is 20.4. The Hall–Kier alpha value is -1.57.